The molecule has 1 aromatic heterocycles. The molecule has 0 aliphatic carbocycles. The molecule has 0 amide bonds. The molecule has 0 aliphatic rings. The lowest BCUT2D eigenvalue weighted by atomic mass is 10.1. The fourth-order valence-corrected chi connectivity index (χ4v) is 2.50. The van der Waals surface area contributed by atoms with Gasteiger partial charge in [0, 0.05) is 43.5 Å². The number of benzene rings is 1. The molecule has 0 saturated heterocycles. The Bertz CT molecular complexity index is 688. The predicted octanol–water partition coefficient (Wildman–Crippen LogP) is 3.17. The van der Waals surface area contributed by atoms with Gasteiger partial charge in [-0.25, -0.2) is 0 Å². The van der Waals surface area contributed by atoms with Crippen molar-refractivity contribution in [3.8, 4) is 6.07 Å². The van der Waals surface area contributed by atoms with Crippen molar-refractivity contribution in [1.29, 1.82) is 5.26 Å². The molecule has 4 heteroatoms. The van der Waals surface area contributed by atoms with E-state index in [-0.39, 0.29) is 0 Å². The van der Waals surface area contributed by atoms with Gasteiger partial charge in [0.05, 0.1) is 11.6 Å². The number of nitriles is 1. The average molecular weight is 322 g/mol. The molecule has 0 saturated carbocycles. The van der Waals surface area contributed by atoms with Crippen molar-refractivity contribution in [1.82, 2.24) is 15.6 Å². The van der Waals surface area contributed by atoms with Gasteiger partial charge in [-0.2, -0.15) is 5.26 Å². The average Bonchev–Trinajstić information content (AvgIpc) is 2.59. The summed E-state index contributed by atoms with van der Waals surface area (Å²) in [4.78, 5) is 4.48. The lowest BCUT2D eigenvalue weighted by molar-refractivity contribution is 0.539. The van der Waals surface area contributed by atoms with Crippen molar-refractivity contribution >= 4 is 0 Å². The summed E-state index contributed by atoms with van der Waals surface area (Å²) in [6.07, 6.45) is 2.77. The van der Waals surface area contributed by atoms with Crippen LogP contribution in [0, 0.1) is 11.3 Å². The van der Waals surface area contributed by atoms with Crippen LogP contribution in [0.25, 0.3) is 0 Å². The maximum atomic E-state index is 8.95. The summed E-state index contributed by atoms with van der Waals surface area (Å²) in [6.45, 7) is 8.08. The number of nitrogens with zero attached hydrogens (tertiary/aromatic N) is 2. The molecule has 0 bridgehead atoms. The Balaban J connectivity index is 1.86. The van der Waals surface area contributed by atoms with E-state index in [1.54, 1.807) is 0 Å². The summed E-state index contributed by atoms with van der Waals surface area (Å²) >= 11 is 0. The summed E-state index contributed by atoms with van der Waals surface area (Å²) < 4.78 is 0. The molecule has 1 heterocycles. The number of nitrogens with one attached hydrogen (secondary N) is 2. The molecule has 2 aromatic rings. The molecular weight excluding hydrogens is 296 g/mol. The predicted molar refractivity (Wildman–Crippen MR) is 97.4 cm³/mol. The van der Waals surface area contributed by atoms with E-state index in [1.165, 1.54) is 5.56 Å². The molecule has 2 rings (SSSR count). The zero-order valence-electron chi connectivity index (χ0n) is 14.7. The van der Waals surface area contributed by atoms with Crippen LogP contribution < -0.4 is 10.6 Å². The normalized spacial score (nSPS) is 12.1. The van der Waals surface area contributed by atoms with Gasteiger partial charge in [0.15, 0.2) is 0 Å². The third-order valence-corrected chi connectivity index (χ3v) is 3.82. The van der Waals surface area contributed by atoms with Gasteiger partial charge in [-0.05, 0) is 42.3 Å². The van der Waals surface area contributed by atoms with E-state index in [9.17, 15) is 0 Å². The van der Waals surface area contributed by atoms with Crippen molar-refractivity contribution in [3.05, 3.63) is 65.0 Å². The first-order chi connectivity index (χ1) is 11.6. The van der Waals surface area contributed by atoms with E-state index in [4.69, 9.17) is 5.26 Å². The van der Waals surface area contributed by atoms with E-state index >= 15 is 0 Å². The lowest BCUT2D eigenvalue weighted by Gasteiger charge is -2.14. The van der Waals surface area contributed by atoms with Crippen molar-refractivity contribution in [2.45, 2.75) is 52.4 Å². The zero-order chi connectivity index (χ0) is 17.4. The van der Waals surface area contributed by atoms with E-state index in [0.717, 1.165) is 30.8 Å². The van der Waals surface area contributed by atoms with E-state index in [2.05, 4.69) is 54.6 Å². The van der Waals surface area contributed by atoms with Crippen molar-refractivity contribution in [2.24, 2.45) is 0 Å². The Kier molecular flexibility index (Phi) is 6.92. The molecule has 4 nitrogen and oxygen atoms in total. The van der Waals surface area contributed by atoms with E-state index < -0.39 is 0 Å². The molecule has 0 spiro atoms. The van der Waals surface area contributed by atoms with E-state index in [0.29, 0.717) is 17.6 Å². The Morgan fingerprint density at radius 1 is 1.04 bits per heavy atom. The van der Waals surface area contributed by atoms with Crippen LogP contribution in [0.4, 0.5) is 0 Å². The van der Waals surface area contributed by atoms with Crippen LogP contribution in [0.2, 0.25) is 0 Å². The number of rotatable bonds is 8. The highest BCUT2D eigenvalue weighted by Crippen LogP contribution is 2.07. The standard InChI is InChI=1S/C20H26N4/c1-15(2)23-13-19-7-8-22-20(11-19)9-16(3)24-14-18-6-4-5-17(10-18)12-21/h4-8,10-11,15-16,23-24H,9,13-14H2,1-3H3. The van der Waals surface area contributed by atoms with E-state index in [1.807, 2.05) is 30.5 Å². The van der Waals surface area contributed by atoms with Crippen LogP contribution in [0.3, 0.4) is 0 Å². The molecule has 1 aromatic carbocycles. The summed E-state index contributed by atoms with van der Waals surface area (Å²) in [5.41, 5.74) is 4.20. The summed E-state index contributed by atoms with van der Waals surface area (Å²) in [5, 5.41) is 15.9. The zero-order valence-corrected chi connectivity index (χ0v) is 14.7. The molecule has 1 atom stereocenters. The quantitative estimate of drug-likeness (QED) is 0.783. The third-order valence-electron chi connectivity index (χ3n) is 3.82. The highest BCUT2D eigenvalue weighted by molar-refractivity contribution is 5.32. The maximum Gasteiger partial charge on any atom is 0.0991 e. The topological polar surface area (TPSA) is 60.7 Å². The molecule has 2 N–H and O–H groups in total. The largest absolute Gasteiger partial charge is 0.310 e. The minimum atomic E-state index is 0.316. The van der Waals surface area contributed by atoms with Gasteiger partial charge in [0.1, 0.15) is 0 Å². The fraction of sp³-hybridized carbons (Fsp3) is 0.400. The first kappa shape index (κ1) is 18.1. The monoisotopic (exact) mass is 322 g/mol. The fourth-order valence-electron chi connectivity index (χ4n) is 2.50. The molecule has 0 aliphatic heterocycles. The second kappa shape index (κ2) is 9.17. The van der Waals surface area contributed by atoms with Gasteiger partial charge < -0.3 is 10.6 Å². The number of aromatic nitrogens is 1. The molecule has 0 radical (unpaired) electrons. The number of hydrogen-bond acceptors (Lipinski definition) is 4. The van der Waals surface area contributed by atoms with Crippen LogP contribution in [0.1, 0.15) is 43.2 Å². The Hall–Kier alpha value is -2.22. The lowest BCUT2D eigenvalue weighted by Crippen LogP contribution is -2.28. The van der Waals surface area contributed by atoms with Crippen molar-refractivity contribution < 1.29 is 0 Å². The molecule has 24 heavy (non-hydrogen) atoms. The van der Waals surface area contributed by atoms with Gasteiger partial charge in [0.25, 0.3) is 0 Å². The summed E-state index contributed by atoms with van der Waals surface area (Å²) in [7, 11) is 0. The van der Waals surface area contributed by atoms with Gasteiger partial charge in [0.2, 0.25) is 0 Å². The van der Waals surface area contributed by atoms with Crippen LogP contribution in [0.15, 0.2) is 42.6 Å². The van der Waals surface area contributed by atoms with Crippen LogP contribution in [-0.4, -0.2) is 17.1 Å². The van der Waals surface area contributed by atoms with Gasteiger partial charge in [-0.3, -0.25) is 4.98 Å². The SMILES string of the molecule is CC(C)NCc1ccnc(CC(C)NCc2cccc(C#N)c2)c1. The van der Waals surface area contributed by atoms with Gasteiger partial charge >= 0.3 is 0 Å². The molecule has 1 unspecified atom stereocenters. The maximum absolute atomic E-state index is 8.95. The molecule has 126 valence electrons. The van der Waals surface area contributed by atoms with Crippen molar-refractivity contribution in [2.75, 3.05) is 0 Å². The second-order valence-electron chi connectivity index (χ2n) is 6.49. The van der Waals surface area contributed by atoms with Gasteiger partial charge in [-0.1, -0.05) is 26.0 Å². The van der Waals surface area contributed by atoms with Crippen LogP contribution in [-0.2, 0) is 19.5 Å². The number of pyridine rings is 1. The first-order valence-electron chi connectivity index (χ1n) is 8.46. The third kappa shape index (κ3) is 6.11. The molecule has 0 fully saturated rings. The minimum absolute atomic E-state index is 0.316. The minimum Gasteiger partial charge on any atom is -0.310 e. The van der Waals surface area contributed by atoms with Crippen molar-refractivity contribution in [3.63, 3.8) is 0 Å². The summed E-state index contributed by atoms with van der Waals surface area (Å²) in [5.74, 6) is 0. The van der Waals surface area contributed by atoms with Crippen LogP contribution in [0.5, 0.6) is 0 Å². The Morgan fingerprint density at radius 3 is 2.54 bits per heavy atom. The smallest absolute Gasteiger partial charge is 0.0991 e. The van der Waals surface area contributed by atoms with Gasteiger partial charge in [-0.15, -0.1) is 0 Å². The summed E-state index contributed by atoms with van der Waals surface area (Å²) in [6, 6.07) is 14.9. The number of hydrogen-bond donors (Lipinski definition) is 2. The Morgan fingerprint density at radius 2 is 1.79 bits per heavy atom. The highest BCUT2D eigenvalue weighted by atomic mass is 14.9. The van der Waals surface area contributed by atoms with Crippen LogP contribution >= 0.6 is 0 Å². The Labute approximate surface area is 144 Å². The first-order valence-corrected chi connectivity index (χ1v) is 8.46. The molecular formula is C20H26N4. The highest BCUT2D eigenvalue weighted by Gasteiger charge is 2.06. The second-order valence-corrected chi connectivity index (χ2v) is 6.49.